The fourth-order valence-electron chi connectivity index (χ4n) is 1.03. The predicted molar refractivity (Wildman–Crippen MR) is 44.9 cm³/mol. The van der Waals surface area contributed by atoms with Crippen LogP contribution >= 0.6 is 0 Å². The van der Waals surface area contributed by atoms with E-state index >= 15 is 0 Å². The molecule has 0 unspecified atom stereocenters. The molecule has 0 amide bonds. The molecule has 1 aromatic carbocycles. The van der Waals surface area contributed by atoms with Crippen molar-refractivity contribution in [3.63, 3.8) is 0 Å². The molecule has 0 atom stereocenters. The summed E-state index contributed by atoms with van der Waals surface area (Å²) in [6.45, 7) is 0. The molecule has 14 heavy (non-hydrogen) atoms. The molecule has 0 aliphatic rings. The summed E-state index contributed by atoms with van der Waals surface area (Å²) in [5, 5.41) is 0. The van der Waals surface area contributed by atoms with E-state index in [9.17, 15) is 17.6 Å². The minimum absolute atomic E-state index is 0.138. The van der Waals surface area contributed by atoms with E-state index in [1.165, 1.54) is 7.05 Å². The van der Waals surface area contributed by atoms with E-state index in [2.05, 4.69) is 4.99 Å². The molecule has 0 bridgehead atoms. The Balaban J connectivity index is 3.30. The highest BCUT2D eigenvalue weighted by Crippen LogP contribution is 2.31. The van der Waals surface area contributed by atoms with E-state index in [-0.39, 0.29) is 5.56 Å². The third-order valence-corrected chi connectivity index (χ3v) is 1.59. The first-order valence-corrected chi connectivity index (χ1v) is 3.74. The SMILES string of the molecule is CN=Cc1ccc(F)cc1C(F)(F)F. The van der Waals surface area contributed by atoms with Gasteiger partial charge in [-0.05, 0) is 18.2 Å². The highest BCUT2D eigenvalue weighted by Gasteiger charge is 2.33. The van der Waals surface area contributed by atoms with Crippen molar-refractivity contribution in [3.05, 3.63) is 35.1 Å². The molecule has 1 nitrogen and oxygen atoms in total. The summed E-state index contributed by atoms with van der Waals surface area (Å²) < 4.78 is 49.5. The highest BCUT2D eigenvalue weighted by molar-refractivity contribution is 5.81. The Morgan fingerprint density at radius 2 is 1.93 bits per heavy atom. The molecule has 0 radical (unpaired) electrons. The number of alkyl halides is 3. The van der Waals surface area contributed by atoms with Crippen LogP contribution in [0.1, 0.15) is 11.1 Å². The average Bonchev–Trinajstić information content (AvgIpc) is 2.07. The Kier molecular flexibility index (Phi) is 2.88. The molecule has 0 aromatic heterocycles. The summed E-state index contributed by atoms with van der Waals surface area (Å²) >= 11 is 0. The van der Waals surface area contributed by atoms with Crippen LogP contribution in [0.2, 0.25) is 0 Å². The van der Waals surface area contributed by atoms with Gasteiger partial charge < -0.3 is 0 Å². The van der Waals surface area contributed by atoms with E-state index in [1.54, 1.807) is 0 Å². The zero-order valence-electron chi connectivity index (χ0n) is 7.27. The van der Waals surface area contributed by atoms with Gasteiger partial charge in [-0.25, -0.2) is 4.39 Å². The van der Waals surface area contributed by atoms with Crippen molar-refractivity contribution < 1.29 is 17.6 Å². The third-order valence-electron chi connectivity index (χ3n) is 1.59. The predicted octanol–water partition coefficient (Wildman–Crippen LogP) is 2.89. The second-order valence-corrected chi connectivity index (χ2v) is 2.62. The Bertz CT molecular complexity index is 354. The molecule has 0 N–H and O–H groups in total. The summed E-state index contributed by atoms with van der Waals surface area (Å²) in [4.78, 5) is 3.46. The summed E-state index contributed by atoms with van der Waals surface area (Å²) in [6.07, 6.45) is -3.51. The molecule has 0 saturated carbocycles. The van der Waals surface area contributed by atoms with E-state index in [0.717, 1.165) is 18.3 Å². The summed E-state index contributed by atoms with van der Waals surface area (Å²) in [6, 6.07) is 2.47. The van der Waals surface area contributed by atoms with Crippen LogP contribution in [0.4, 0.5) is 17.6 Å². The van der Waals surface area contributed by atoms with Crippen LogP contribution in [0, 0.1) is 5.82 Å². The Hall–Kier alpha value is -1.39. The zero-order valence-corrected chi connectivity index (χ0v) is 7.27. The van der Waals surface area contributed by atoms with Gasteiger partial charge in [0.15, 0.2) is 0 Å². The minimum Gasteiger partial charge on any atom is -0.296 e. The molecule has 1 rings (SSSR count). The van der Waals surface area contributed by atoms with Crippen molar-refractivity contribution in [3.8, 4) is 0 Å². The van der Waals surface area contributed by atoms with Crippen molar-refractivity contribution in [1.82, 2.24) is 0 Å². The van der Waals surface area contributed by atoms with E-state index in [1.807, 2.05) is 0 Å². The number of benzene rings is 1. The lowest BCUT2D eigenvalue weighted by Gasteiger charge is -2.09. The van der Waals surface area contributed by atoms with Crippen LogP contribution < -0.4 is 0 Å². The lowest BCUT2D eigenvalue weighted by atomic mass is 10.1. The standard InChI is InChI=1S/C9H7F4N/c1-14-5-6-2-3-7(10)4-8(6)9(11,12)13/h2-5H,1H3. The first-order chi connectivity index (χ1) is 6.45. The van der Waals surface area contributed by atoms with Gasteiger partial charge in [0.25, 0.3) is 0 Å². The van der Waals surface area contributed by atoms with Crippen molar-refractivity contribution in [1.29, 1.82) is 0 Å². The number of nitrogens with zero attached hydrogens (tertiary/aromatic N) is 1. The van der Waals surface area contributed by atoms with Gasteiger partial charge in [-0.3, -0.25) is 4.99 Å². The molecular formula is C9H7F4N. The molecule has 0 heterocycles. The van der Waals surface area contributed by atoms with Gasteiger partial charge in [0.1, 0.15) is 5.82 Å². The number of halogens is 4. The molecule has 5 heteroatoms. The molecule has 0 spiro atoms. The molecular weight excluding hydrogens is 198 g/mol. The largest absolute Gasteiger partial charge is 0.417 e. The van der Waals surface area contributed by atoms with Crippen LogP contribution in [0.3, 0.4) is 0 Å². The number of aliphatic imine (C=N–C) groups is 1. The van der Waals surface area contributed by atoms with Gasteiger partial charge in [-0.1, -0.05) is 0 Å². The maximum Gasteiger partial charge on any atom is 0.417 e. The second kappa shape index (κ2) is 3.77. The Labute approximate surface area is 78.1 Å². The van der Waals surface area contributed by atoms with Crippen molar-refractivity contribution in [2.45, 2.75) is 6.18 Å². The second-order valence-electron chi connectivity index (χ2n) is 2.62. The van der Waals surface area contributed by atoms with Gasteiger partial charge in [0.05, 0.1) is 5.56 Å². The van der Waals surface area contributed by atoms with Gasteiger partial charge in [0.2, 0.25) is 0 Å². The maximum atomic E-state index is 12.6. The lowest BCUT2D eigenvalue weighted by Crippen LogP contribution is -2.09. The maximum absolute atomic E-state index is 12.6. The fourth-order valence-corrected chi connectivity index (χ4v) is 1.03. The smallest absolute Gasteiger partial charge is 0.296 e. The number of rotatable bonds is 1. The Morgan fingerprint density at radius 1 is 1.29 bits per heavy atom. The van der Waals surface area contributed by atoms with Crippen LogP contribution in [0.25, 0.3) is 0 Å². The molecule has 0 aliphatic carbocycles. The molecule has 76 valence electrons. The van der Waals surface area contributed by atoms with Crippen molar-refractivity contribution >= 4 is 6.21 Å². The van der Waals surface area contributed by atoms with E-state index < -0.39 is 17.6 Å². The molecule has 0 fully saturated rings. The molecule has 0 aliphatic heterocycles. The quantitative estimate of drug-likeness (QED) is 0.493. The highest BCUT2D eigenvalue weighted by atomic mass is 19.4. The monoisotopic (exact) mass is 205 g/mol. The van der Waals surface area contributed by atoms with E-state index in [0.29, 0.717) is 6.07 Å². The van der Waals surface area contributed by atoms with Crippen LogP contribution in [-0.4, -0.2) is 13.3 Å². The lowest BCUT2D eigenvalue weighted by molar-refractivity contribution is -0.137. The van der Waals surface area contributed by atoms with Crippen LogP contribution in [-0.2, 0) is 6.18 Å². The van der Waals surface area contributed by atoms with Gasteiger partial charge in [-0.2, -0.15) is 13.2 Å². The minimum atomic E-state index is -4.56. The fraction of sp³-hybridized carbons (Fsp3) is 0.222. The van der Waals surface area contributed by atoms with Crippen LogP contribution in [0.5, 0.6) is 0 Å². The number of hydrogen-bond acceptors (Lipinski definition) is 1. The normalized spacial score (nSPS) is 12.4. The topological polar surface area (TPSA) is 12.4 Å². The molecule has 0 saturated heterocycles. The van der Waals surface area contributed by atoms with Gasteiger partial charge in [-0.15, -0.1) is 0 Å². The third kappa shape index (κ3) is 2.31. The van der Waals surface area contributed by atoms with Gasteiger partial charge in [0, 0.05) is 18.8 Å². The van der Waals surface area contributed by atoms with Gasteiger partial charge >= 0.3 is 6.18 Å². The zero-order chi connectivity index (χ0) is 10.8. The van der Waals surface area contributed by atoms with Crippen molar-refractivity contribution in [2.24, 2.45) is 4.99 Å². The van der Waals surface area contributed by atoms with Crippen molar-refractivity contribution in [2.75, 3.05) is 7.05 Å². The first-order valence-electron chi connectivity index (χ1n) is 3.74. The number of hydrogen-bond donors (Lipinski definition) is 0. The van der Waals surface area contributed by atoms with Crippen LogP contribution in [0.15, 0.2) is 23.2 Å². The Morgan fingerprint density at radius 3 is 2.43 bits per heavy atom. The average molecular weight is 205 g/mol. The summed E-state index contributed by atoms with van der Waals surface area (Å²) in [5.41, 5.74) is -1.15. The molecule has 1 aromatic rings. The van der Waals surface area contributed by atoms with E-state index in [4.69, 9.17) is 0 Å². The summed E-state index contributed by atoms with van der Waals surface area (Å²) in [7, 11) is 1.35. The summed E-state index contributed by atoms with van der Waals surface area (Å²) in [5.74, 6) is -0.912. The first kappa shape index (κ1) is 10.7.